The third-order valence-corrected chi connectivity index (χ3v) is 5.29. The van der Waals surface area contributed by atoms with Gasteiger partial charge in [0.05, 0.1) is 22.7 Å². The quantitative estimate of drug-likeness (QED) is 0.521. The molecule has 1 saturated heterocycles. The molecule has 0 bridgehead atoms. The highest BCUT2D eigenvalue weighted by Crippen LogP contribution is 2.29. The molecule has 0 aromatic heterocycles. The van der Waals surface area contributed by atoms with Gasteiger partial charge in [0.25, 0.3) is 0 Å². The lowest BCUT2D eigenvalue weighted by molar-refractivity contribution is -0.138. The van der Waals surface area contributed by atoms with Gasteiger partial charge in [0, 0.05) is 6.07 Å². The van der Waals surface area contributed by atoms with Crippen molar-refractivity contribution < 1.29 is 19.4 Å². The predicted octanol–water partition coefficient (Wildman–Crippen LogP) is 4.18. The first-order valence-corrected chi connectivity index (χ1v) is 9.57. The molecular weight excluding hydrogens is 425 g/mol. The standard InChI is InChI=1S/C18H13Cl2N3O4S/c19-13-5-4-12(7-14(13)20)27-11-3-1-2-10(6-11)9-21-23-18-22-17(26)15(28-18)8-16(24)25/h1-7,9,15H,8H2,(H,24,25)(H,22,23,26). The van der Waals surface area contributed by atoms with Crippen LogP contribution in [-0.2, 0) is 9.59 Å². The molecule has 0 saturated carbocycles. The number of carbonyl (C=O) groups is 2. The number of rotatable bonds is 6. The van der Waals surface area contributed by atoms with Crippen molar-refractivity contribution in [1.82, 2.24) is 5.32 Å². The van der Waals surface area contributed by atoms with E-state index in [0.717, 1.165) is 17.3 Å². The number of amides is 1. The van der Waals surface area contributed by atoms with Crippen molar-refractivity contribution in [3.63, 3.8) is 0 Å². The Balaban J connectivity index is 1.65. The SMILES string of the molecule is O=C(O)CC1SC(=NN=Cc2cccc(Oc3ccc(Cl)c(Cl)c3)c2)NC1=O. The molecule has 0 aliphatic carbocycles. The van der Waals surface area contributed by atoms with Gasteiger partial charge < -0.3 is 15.2 Å². The van der Waals surface area contributed by atoms with Gasteiger partial charge in [0.2, 0.25) is 5.91 Å². The second-order valence-corrected chi connectivity index (χ2v) is 7.60. The van der Waals surface area contributed by atoms with Crippen LogP contribution in [0.15, 0.2) is 52.7 Å². The fourth-order valence-electron chi connectivity index (χ4n) is 2.23. The minimum absolute atomic E-state index is 0.260. The number of halogens is 2. The maximum atomic E-state index is 11.7. The van der Waals surface area contributed by atoms with Gasteiger partial charge >= 0.3 is 5.97 Å². The topological polar surface area (TPSA) is 100 Å². The molecule has 10 heteroatoms. The molecule has 1 aliphatic rings. The molecule has 28 heavy (non-hydrogen) atoms. The first-order chi connectivity index (χ1) is 13.4. The minimum Gasteiger partial charge on any atom is -0.481 e. The summed E-state index contributed by atoms with van der Waals surface area (Å²) in [6, 6.07) is 12.1. The Morgan fingerprint density at radius 1 is 1.21 bits per heavy atom. The number of nitrogens with zero attached hydrogens (tertiary/aromatic N) is 2. The molecule has 1 atom stereocenters. The number of ether oxygens (including phenoxy) is 1. The van der Waals surface area contributed by atoms with Crippen molar-refractivity contribution in [3.05, 3.63) is 58.1 Å². The average molecular weight is 438 g/mol. The smallest absolute Gasteiger partial charge is 0.305 e. The van der Waals surface area contributed by atoms with Gasteiger partial charge in [-0.15, -0.1) is 5.10 Å². The first kappa shape index (κ1) is 20.2. The van der Waals surface area contributed by atoms with Crippen LogP contribution < -0.4 is 10.1 Å². The zero-order valence-corrected chi connectivity index (χ0v) is 16.5. The largest absolute Gasteiger partial charge is 0.481 e. The zero-order chi connectivity index (χ0) is 20.1. The highest BCUT2D eigenvalue weighted by atomic mass is 35.5. The lowest BCUT2D eigenvalue weighted by atomic mass is 10.2. The number of carbonyl (C=O) groups excluding carboxylic acids is 1. The number of benzene rings is 2. The van der Waals surface area contributed by atoms with Crippen LogP contribution in [0.4, 0.5) is 0 Å². The lowest BCUT2D eigenvalue weighted by Gasteiger charge is -2.07. The summed E-state index contributed by atoms with van der Waals surface area (Å²) in [6.07, 6.45) is 1.22. The molecule has 2 N–H and O–H groups in total. The highest BCUT2D eigenvalue weighted by molar-refractivity contribution is 8.15. The molecule has 1 amide bonds. The molecule has 1 heterocycles. The predicted molar refractivity (Wildman–Crippen MR) is 110 cm³/mol. The normalized spacial score (nSPS) is 17.9. The van der Waals surface area contributed by atoms with E-state index in [1.165, 1.54) is 6.21 Å². The number of carboxylic acids is 1. The molecule has 144 valence electrons. The Bertz CT molecular complexity index is 981. The molecule has 0 radical (unpaired) electrons. The average Bonchev–Trinajstić information content (AvgIpc) is 2.97. The molecule has 3 rings (SSSR count). The van der Waals surface area contributed by atoms with Crippen LogP contribution in [0, 0.1) is 0 Å². The Hall–Kier alpha value is -2.55. The van der Waals surface area contributed by atoms with Crippen molar-refractivity contribution in [3.8, 4) is 11.5 Å². The van der Waals surface area contributed by atoms with Crippen molar-refractivity contribution in [2.45, 2.75) is 11.7 Å². The van der Waals surface area contributed by atoms with E-state index in [1.54, 1.807) is 42.5 Å². The monoisotopic (exact) mass is 437 g/mol. The minimum atomic E-state index is -1.05. The molecule has 1 aliphatic heterocycles. The van der Waals surface area contributed by atoms with E-state index in [9.17, 15) is 9.59 Å². The van der Waals surface area contributed by atoms with Crippen LogP contribution >= 0.6 is 35.0 Å². The Morgan fingerprint density at radius 2 is 2.00 bits per heavy atom. The summed E-state index contributed by atoms with van der Waals surface area (Å²) >= 11 is 12.9. The van der Waals surface area contributed by atoms with Crippen LogP contribution in [0.1, 0.15) is 12.0 Å². The van der Waals surface area contributed by atoms with E-state index < -0.39 is 17.1 Å². The Labute approximate surface area is 174 Å². The number of amidine groups is 1. The molecular formula is C18H13Cl2N3O4S. The number of hydrogen-bond donors (Lipinski definition) is 2. The van der Waals surface area contributed by atoms with Crippen LogP contribution in [0.25, 0.3) is 0 Å². The van der Waals surface area contributed by atoms with Gasteiger partial charge in [-0.05, 0) is 29.8 Å². The van der Waals surface area contributed by atoms with Crippen LogP contribution in [-0.4, -0.2) is 33.6 Å². The van der Waals surface area contributed by atoms with Crippen molar-refractivity contribution in [2.75, 3.05) is 0 Å². The summed E-state index contributed by atoms with van der Waals surface area (Å²) in [6.45, 7) is 0. The van der Waals surface area contributed by atoms with Gasteiger partial charge in [0.1, 0.15) is 16.7 Å². The fraction of sp³-hybridized carbons (Fsp3) is 0.111. The van der Waals surface area contributed by atoms with E-state index in [4.69, 9.17) is 33.0 Å². The number of aliphatic carboxylic acids is 1. The lowest BCUT2D eigenvalue weighted by Crippen LogP contribution is -2.26. The number of carboxylic acid groups (broad SMARTS) is 1. The first-order valence-electron chi connectivity index (χ1n) is 7.94. The second kappa shape index (κ2) is 9.09. The van der Waals surface area contributed by atoms with Crippen molar-refractivity contribution in [1.29, 1.82) is 0 Å². The molecule has 2 aromatic carbocycles. The van der Waals surface area contributed by atoms with Crippen LogP contribution in [0.5, 0.6) is 11.5 Å². The molecule has 1 unspecified atom stereocenters. The fourth-order valence-corrected chi connectivity index (χ4v) is 3.43. The maximum Gasteiger partial charge on any atom is 0.305 e. The summed E-state index contributed by atoms with van der Waals surface area (Å²) in [4.78, 5) is 22.4. The Morgan fingerprint density at radius 3 is 2.75 bits per heavy atom. The van der Waals surface area contributed by atoms with Gasteiger partial charge in [-0.25, -0.2) is 0 Å². The summed E-state index contributed by atoms with van der Waals surface area (Å²) in [5, 5.41) is 19.5. The zero-order valence-electron chi connectivity index (χ0n) is 14.1. The molecule has 2 aromatic rings. The van der Waals surface area contributed by atoms with E-state index in [0.29, 0.717) is 21.5 Å². The van der Waals surface area contributed by atoms with E-state index >= 15 is 0 Å². The second-order valence-electron chi connectivity index (χ2n) is 5.59. The van der Waals surface area contributed by atoms with Crippen molar-refractivity contribution >= 4 is 58.2 Å². The van der Waals surface area contributed by atoms with Crippen LogP contribution in [0.3, 0.4) is 0 Å². The number of hydrogen-bond acceptors (Lipinski definition) is 6. The number of nitrogens with one attached hydrogen (secondary N) is 1. The summed E-state index contributed by atoms with van der Waals surface area (Å²) in [5.74, 6) is -0.326. The van der Waals surface area contributed by atoms with Crippen molar-refractivity contribution in [2.24, 2.45) is 10.2 Å². The van der Waals surface area contributed by atoms with Gasteiger partial charge in [-0.3, -0.25) is 9.59 Å². The Kier molecular flexibility index (Phi) is 6.56. The molecule has 1 fully saturated rings. The molecule has 7 nitrogen and oxygen atoms in total. The third-order valence-electron chi connectivity index (χ3n) is 3.48. The summed E-state index contributed by atoms with van der Waals surface area (Å²) < 4.78 is 5.74. The number of thioether (sulfide) groups is 1. The van der Waals surface area contributed by atoms with Gasteiger partial charge in [-0.2, -0.15) is 5.10 Å². The summed E-state index contributed by atoms with van der Waals surface area (Å²) in [5.41, 5.74) is 0.721. The summed E-state index contributed by atoms with van der Waals surface area (Å²) in [7, 11) is 0. The van der Waals surface area contributed by atoms with Gasteiger partial charge in [-0.1, -0.05) is 47.1 Å². The highest BCUT2D eigenvalue weighted by Gasteiger charge is 2.32. The van der Waals surface area contributed by atoms with E-state index in [2.05, 4.69) is 15.5 Å². The van der Waals surface area contributed by atoms with Crippen LogP contribution in [0.2, 0.25) is 10.0 Å². The maximum absolute atomic E-state index is 11.7. The molecule has 0 spiro atoms. The third kappa shape index (κ3) is 5.48. The van der Waals surface area contributed by atoms with E-state index in [1.807, 2.05) is 0 Å². The van der Waals surface area contributed by atoms with Gasteiger partial charge in [0.15, 0.2) is 5.17 Å². The van der Waals surface area contributed by atoms with E-state index in [-0.39, 0.29) is 11.6 Å².